The Labute approximate surface area is 122 Å². The Bertz CT molecular complexity index is 602. The Balaban J connectivity index is 1.82. The molecule has 104 valence electrons. The highest BCUT2D eigenvalue weighted by Crippen LogP contribution is 2.21. The summed E-state index contributed by atoms with van der Waals surface area (Å²) < 4.78 is 0. The van der Waals surface area contributed by atoms with E-state index in [0.717, 1.165) is 5.56 Å². The number of amides is 2. The number of hydrogen-bond donors (Lipinski definition) is 3. The molecule has 20 heavy (non-hydrogen) atoms. The minimum absolute atomic E-state index is 0.0359. The van der Waals surface area contributed by atoms with Crippen LogP contribution in [0.5, 0.6) is 5.75 Å². The van der Waals surface area contributed by atoms with Crippen LogP contribution in [0.2, 0.25) is 5.02 Å². The largest absolute Gasteiger partial charge is 0.506 e. The van der Waals surface area contributed by atoms with Crippen LogP contribution >= 0.6 is 11.6 Å². The van der Waals surface area contributed by atoms with Gasteiger partial charge >= 0.3 is 6.03 Å². The predicted octanol–water partition coefficient (Wildman–Crippen LogP) is 3.41. The van der Waals surface area contributed by atoms with Crippen molar-refractivity contribution < 1.29 is 9.90 Å². The lowest BCUT2D eigenvalue weighted by atomic mass is 10.1. The first kappa shape index (κ1) is 14.2. The molecule has 0 heterocycles. The SMILES string of the molecule is O=C(NCCc1ccccc1Cl)Nc1ccccc1O. The molecule has 4 nitrogen and oxygen atoms in total. The number of para-hydroxylation sites is 2. The van der Waals surface area contributed by atoms with Crippen LogP contribution in [0.25, 0.3) is 0 Å². The van der Waals surface area contributed by atoms with E-state index in [4.69, 9.17) is 11.6 Å². The van der Waals surface area contributed by atoms with Gasteiger partial charge in [0.1, 0.15) is 5.75 Å². The van der Waals surface area contributed by atoms with E-state index in [1.807, 2.05) is 24.3 Å². The lowest BCUT2D eigenvalue weighted by Crippen LogP contribution is -2.30. The van der Waals surface area contributed by atoms with Gasteiger partial charge in [-0.1, -0.05) is 41.9 Å². The third-order valence-electron chi connectivity index (χ3n) is 2.79. The third-order valence-corrected chi connectivity index (χ3v) is 3.16. The summed E-state index contributed by atoms with van der Waals surface area (Å²) in [6, 6.07) is 13.7. The first-order chi connectivity index (χ1) is 9.66. The number of halogens is 1. The molecule has 5 heteroatoms. The van der Waals surface area contributed by atoms with E-state index in [2.05, 4.69) is 10.6 Å². The Hall–Kier alpha value is -2.20. The maximum atomic E-state index is 11.7. The number of urea groups is 1. The predicted molar refractivity (Wildman–Crippen MR) is 80.3 cm³/mol. The Morgan fingerprint density at radius 1 is 1.10 bits per heavy atom. The van der Waals surface area contributed by atoms with Gasteiger partial charge in [0.2, 0.25) is 0 Å². The van der Waals surface area contributed by atoms with E-state index >= 15 is 0 Å². The molecule has 0 aliphatic rings. The van der Waals surface area contributed by atoms with Gasteiger partial charge in [0.25, 0.3) is 0 Å². The Morgan fingerprint density at radius 3 is 2.55 bits per heavy atom. The first-order valence-electron chi connectivity index (χ1n) is 6.23. The van der Waals surface area contributed by atoms with Crippen molar-refractivity contribution >= 4 is 23.3 Å². The number of anilines is 1. The molecule has 0 radical (unpaired) electrons. The van der Waals surface area contributed by atoms with Crippen molar-refractivity contribution in [3.8, 4) is 5.75 Å². The average Bonchev–Trinajstić information content (AvgIpc) is 2.43. The molecule has 0 aliphatic carbocycles. The second-order valence-corrected chi connectivity index (χ2v) is 4.65. The summed E-state index contributed by atoms with van der Waals surface area (Å²) in [4.78, 5) is 11.7. The van der Waals surface area contributed by atoms with Crippen molar-refractivity contribution in [3.63, 3.8) is 0 Å². The van der Waals surface area contributed by atoms with Gasteiger partial charge in [-0.25, -0.2) is 4.79 Å². The zero-order valence-electron chi connectivity index (χ0n) is 10.8. The van der Waals surface area contributed by atoms with E-state index in [9.17, 15) is 9.90 Å². The van der Waals surface area contributed by atoms with E-state index < -0.39 is 0 Å². The monoisotopic (exact) mass is 290 g/mol. The molecule has 2 amide bonds. The lowest BCUT2D eigenvalue weighted by Gasteiger charge is -2.09. The van der Waals surface area contributed by atoms with E-state index in [-0.39, 0.29) is 11.8 Å². The summed E-state index contributed by atoms with van der Waals surface area (Å²) in [6.45, 7) is 0.461. The fraction of sp³-hybridized carbons (Fsp3) is 0.133. The van der Waals surface area contributed by atoms with Crippen LogP contribution in [-0.2, 0) is 6.42 Å². The minimum Gasteiger partial charge on any atom is -0.506 e. The van der Waals surface area contributed by atoms with Crippen LogP contribution < -0.4 is 10.6 Å². The van der Waals surface area contributed by atoms with Crippen molar-refractivity contribution in [2.75, 3.05) is 11.9 Å². The molecule has 0 bridgehead atoms. The molecule has 3 N–H and O–H groups in total. The number of carbonyl (C=O) groups is 1. The number of hydrogen-bond acceptors (Lipinski definition) is 2. The van der Waals surface area contributed by atoms with Crippen LogP contribution in [0.4, 0.5) is 10.5 Å². The zero-order chi connectivity index (χ0) is 14.4. The number of aromatic hydroxyl groups is 1. The van der Waals surface area contributed by atoms with E-state index in [1.165, 1.54) is 6.07 Å². The van der Waals surface area contributed by atoms with E-state index in [1.54, 1.807) is 18.2 Å². The molecule has 2 rings (SSSR count). The number of phenols is 1. The molecule has 0 aromatic heterocycles. The number of carbonyl (C=O) groups excluding carboxylic acids is 1. The topological polar surface area (TPSA) is 61.4 Å². The number of nitrogens with one attached hydrogen (secondary N) is 2. The highest BCUT2D eigenvalue weighted by atomic mass is 35.5. The second-order valence-electron chi connectivity index (χ2n) is 4.24. The highest BCUT2D eigenvalue weighted by molar-refractivity contribution is 6.31. The fourth-order valence-electron chi connectivity index (χ4n) is 1.76. The molecular formula is C15H15ClN2O2. The summed E-state index contributed by atoms with van der Waals surface area (Å²) in [6.07, 6.45) is 0.647. The molecular weight excluding hydrogens is 276 g/mol. The van der Waals surface area contributed by atoms with Gasteiger partial charge in [-0.2, -0.15) is 0 Å². The summed E-state index contributed by atoms with van der Waals surface area (Å²) in [5.74, 6) is 0.0359. The molecule has 2 aromatic rings. The van der Waals surface area contributed by atoms with Crippen LogP contribution in [0.1, 0.15) is 5.56 Å². The van der Waals surface area contributed by atoms with Gasteiger partial charge in [-0.3, -0.25) is 0 Å². The van der Waals surface area contributed by atoms with Crippen molar-refractivity contribution in [2.45, 2.75) is 6.42 Å². The highest BCUT2D eigenvalue weighted by Gasteiger charge is 2.05. The molecule has 0 atom stereocenters. The number of rotatable bonds is 4. The summed E-state index contributed by atoms with van der Waals surface area (Å²) in [7, 11) is 0. The standard InChI is InChI=1S/C15H15ClN2O2/c16-12-6-2-1-5-11(12)9-10-17-15(20)18-13-7-3-4-8-14(13)19/h1-8,19H,9-10H2,(H2,17,18,20). The Kier molecular flexibility index (Phi) is 4.85. The molecule has 0 aliphatic heterocycles. The van der Waals surface area contributed by atoms with Gasteiger partial charge in [0.15, 0.2) is 0 Å². The van der Waals surface area contributed by atoms with Crippen molar-refractivity contribution in [1.29, 1.82) is 0 Å². The summed E-state index contributed by atoms with van der Waals surface area (Å²) in [5, 5.41) is 15.5. The lowest BCUT2D eigenvalue weighted by molar-refractivity contribution is 0.252. The molecule has 0 saturated heterocycles. The maximum Gasteiger partial charge on any atom is 0.319 e. The average molecular weight is 291 g/mol. The quantitative estimate of drug-likeness (QED) is 0.756. The minimum atomic E-state index is -0.362. The van der Waals surface area contributed by atoms with Crippen LogP contribution in [0.15, 0.2) is 48.5 Å². The van der Waals surface area contributed by atoms with Crippen molar-refractivity contribution in [1.82, 2.24) is 5.32 Å². The molecule has 2 aromatic carbocycles. The maximum absolute atomic E-state index is 11.7. The van der Waals surface area contributed by atoms with Crippen molar-refractivity contribution in [3.05, 3.63) is 59.1 Å². The first-order valence-corrected chi connectivity index (χ1v) is 6.61. The van der Waals surface area contributed by atoms with Gasteiger partial charge in [-0.15, -0.1) is 0 Å². The smallest absolute Gasteiger partial charge is 0.319 e. The van der Waals surface area contributed by atoms with Gasteiger partial charge in [-0.05, 0) is 30.2 Å². The van der Waals surface area contributed by atoms with Gasteiger partial charge in [0.05, 0.1) is 5.69 Å². The van der Waals surface area contributed by atoms with Crippen LogP contribution in [0.3, 0.4) is 0 Å². The zero-order valence-corrected chi connectivity index (χ0v) is 11.5. The molecule has 0 saturated carbocycles. The summed E-state index contributed by atoms with van der Waals surface area (Å²) in [5.41, 5.74) is 1.36. The molecule has 0 fully saturated rings. The van der Waals surface area contributed by atoms with Gasteiger partial charge in [0, 0.05) is 11.6 Å². The molecule has 0 unspecified atom stereocenters. The van der Waals surface area contributed by atoms with E-state index in [0.29, 0.717) is 23.7 Å². The fourth-order valence-corrected chi connectivity index (χ4v) is 1.99. The van der Waals surface area contributed by atoms with Crippen LogP contribution in [-0.4, -0.2) is 17.7 Å². The second kappa shape index (κ2) is 6.82. The Morgan fingerprint density at radius 2 is 1.80 bits per heavy atom. The third kappa shape index (κ3) is 3.90. The number of benzene rings is 2. The number of phenolic OH excluding ortho intramolecular Hbond substituents is 1. The normalized spacial score (nSPS) is 10.1. The van der Waals surface area contributed by atoms with Gasteiger partial charge < -0.3 is 15.7 Å². The van der Waals surface area contributed by atoms with Crippen LogP contribution in [0, 0.1) is 0 Å². The summed E-state index contributed by atoms with van der Waals surface area (Å²) >= 11 is 6.03. The van der Waals surface area contributed by atoms with Crippen molar-refractivity contribution in [2.24, 2.45) is 0 Å². The molecule has 0 spiro atoms.